The average Bonchev–Trinajstić information content (AvgIpc) is 2.53. The molecule has 0 fully saturated rings. The Hall–Kier alpha value is -1.88. The molecule has 5 nitrogen and oxygen atoms in total. The van der Waals surface area contributed by atoms with Crippen LogP contribution in [-0.4, -0.2) is 41.0 Å². The van der Waals surface area contributed by atoms with Crippen LogP contribution in [0.5, 0.6) is 0 Å². The van der Waals surface area contributed by atoms with Crippen molar-refractivity contribution in [3.63, 3.8) is 0 Å². The van der Waals surface area contributed by atoms with Crippen LogP contribution >= 0.6 is 0 Å². The fourth-order valence-corrected chi connectivity index (χ4v) is 3.06. The lowest BCUT2D eigenvalue weighted by atomic mass is 9.91. The van der Waals surface area contributed by atoms with Gasteiger partial charge in [-0.3, -0.25) is 9.59 Å². The fourth-order valence-electron chi connectivity index (χ4n) is 3.06. The van der Waals surface area contributed by atoms with Crippen LogP contribution in [0, 0.1) is 5.92 Å². The van der Waals surface area contributed by atoms with E-state index in [-0.39, 0.29) is 17.7 Å². The summed E-state index contributed by atoms with van der Waals surface area (Å²) in [7, 11) is 1.77. The lowest BCUT2D eigenvalue weighted by Gasteiger charge is -2.25. The van der Waals surface area contributed by atoms with Gasteiger partial charge in [-0.25, -0.2) is 0 Å². The van der Waals surface area contributed by atoms with Crippen molar-refractivity contribution in [3.8, 4) is 0 Å². The second-order valence-corrected chi connectivity index (χ2v) is 7.19. The highest BCUT2D eigenvalue weighted by atomic mass is 16.3. The summed E-state index contributed by atoms with van der Waals surface area (Å²) in [6, 6.07) is 7.06. The van der Waals surface area contributed by atoms with E-state index in [1.54, 1.807) is 36.2 Å². The molecule has 1 heterocycles. The Morgan fingerprint density at radius 1 is 1.25 bits per heavy atom. The van der Waals surface area contributed by atoms with Gasteiger partial charge in [0.25, 0.3) is 5.91 Å². The summed E-state index contributed by atoms with van der Waals surface area (Å²) in [5, 5.41) is 13.3. The van der Waals surface area contributed by atoms with Crippen molar-refractivity contribution in [2.75, 3.05) is 18.9 Å². The smallest absolute Gasteiger partial charge is 0.253 e. The van der Waals surface area contributed by atoms with Gasteiger partial charge >= 0.3 is 0 Å². The molecule has 132 valence electrons. The summed E-state index contributed by atoms with van der Waals surface area (Å²) in [6.45, 7) is 4.33. The number of anilines is 1. The van der Waals surface area contributed by atoms with Crippen LogP contribution in [0.4, 0.5) is 5.69 Å². The summed E-state index contributed by atoms with van der Waals surface area (Å²) >= 11 is 0. The molecule has 2 bridgehead atoms. The molecule has 0 aliphatic carbocycles. The first kappa shape index (κ1) is 18.5. The minimum absolute atomic E-state index is 0.0533. The maximum atomic E-state index is 12.5. The molecule has 0 spiro atoms. The number of aliphatic hydroxyl groups is 1. The first-order valence-corrected chi connectivity index (χ1v) is 8.67. The molecule has 2 N–H and O–H groups in total. The first-order valence-electron chi connectivity index (χ1n) is 8.67. The Morgan fingerprint density at radius 3 is 2.71 bits per heavy atom. The number of nitrogens with zero attached hydrogens (tertiary/aromatic N) is 1. The number of hydrogen-bond donors (Lipinski definition) is 2. The van der Waals surface area contributed by atoms with Crippen LogP contribution in [0.15, 0.2) is 24.3 Å². The molecule has 5 heteroatoms. The summed E-state index contributed by atoms with van der Waals surface area (Å²) in [6.07, 6.45) is 3.60. The van der Waals surface area contributed by atoms with Crippen LogP contribution in [0.25, 0.3) is 0 Å². The number of nitrogens with one attached hydrogen (secondary N) is 1. The molecule has 0 unspecified atom stereocenters. The number of benzene rings is 1. The van der Waals surface area contributed by atoms with Crippen molar-refractivity contribution in [2.45, 2.75) is 51.6 Å². The fraction of sp³-hybridized carbons (Fsp3) is 0.579. The molecule has 1 aromatic carbocycles. The zero-order valence-electron chi connectivity index (χ0n) is 14.8. The molecule has 0 aromatic heterocycles. The van der Waals surface area contributed by atoms with E-state index < -0.39 is 5.60 Å². The van der Waals surface area contributed by atoms with Gasteiger partial charge in [-0.1, -0.05) is 13.0 Å². The molecule has 1 aromatic rings. The quantitative estimate of drug-likeness (QED) is 0.767. The molecular formula is C19H28N2O3. The van der Waals surface area contributed by atoms with E-state index in [1.165, 1.54) is 0 Å². The van der Waals surface area contributed by atoms with Gasteiger partial charge in [0.05, 0.1) is 5.60 Å². The van der Waals surface area contributed by atoms with E-state index in [1.807, 2.05) is 13.8 Å². The van der Waals surface area contributed by atoms with Crippen molar-refractivity contribution < 1.29 is 14.7 Å². The molecule has 24 heavy (non-hydrogen) atoms. The third kappa shape index (κ3) is 5.06. The second kappa shape index (κ2) is 7.79. The summed E-state index contributed by atoms with van der Waals surface area (Å²) < 4.78 is 0. The summed E-state index contributed by atoms with van der Waals surface area (Å²) in [5.74, 6) is -0.260. The molecule has 0 saturated carbocycles. The Morgan fingerprint density at radius 2 is 1.96 bits per heavy atom. The van der Waals surface area contributed by atoms with Gasteiger partial charge in [0.1, 0.15) is 0 Å². The third-order valence-corrected chi connectivity index (χ3v) is 4.73. The maximum absolute atomic E-state index is 12.5. The van der Waals surface area contributed by atoms with Crippen LogP contribution in [0.3, 0.4) is 0 Å². The SMILES string of the molecule is C[C@@H]1CCC[C@](C)(O)CCCN(C)C(=O)c2cccc(c2)NC1=O. The minimum atomic E-state index is -0.752. The predicted octanol–water partition coefficient (Wildman–Crippen LogP) is 3.05. The molecule has 1 aliphatic rings. The molecule has 2 rings (SSSR count). The third-order valence-electron chi connectivity index (χ3n) is 4.73. The molecule has 2 amide bonds. The Balaban J connectivity index is 2.21. The Kier molecular flexibility index (Phi) is 5.99. The number of fused-ring (bicyclic) bond motifs is 2. The van der Waals surface area contributed by atoms with Crippen LogP contribution in [-0.2, 0) is 4.79 Å². The number of hydrogen-bond acceptors (Lipinski definition) is 3. The highest BCUT2D eigenvalue weighted by molar-refractivity contribution is 5.97. The van der Waals surface area contributed by atoms with E-state index >= 15 is 0 Å². The Bertz CT molecular complexity index is 598. The zero-order chi connectivity index (χ0) is 17.7. The van der Waals surface area contributed by atoms with Crippen molar-refractivity contribution in [3.05, 3.63) is 29.8 Å². The standard InChI is InChI=1S/C19H28N2O3/c1-14-7-5-10-19(2,24)11-6-12-21(3)18(23)15-8-4-9-16(13-15)20-17(14)22/h4,8-9,13-14,24H,5-7,10-12H2,1-3H3,(H,20,22)/t14-,19+/m1/s1. The van der Waals surface area contributed by atoms with Gasteiger partial charge in [-0.05, 0) is 57.2 Å². The molecule has 1 aliphatic heterocycles. The highest BCUT2D eigenvalue weighted by Crippen LogP contribution is 2.23. The monoisotopic (exact) mass is 332 g/mol. The summed E-state index contributed by atoms with van der Waals surface area (Å²) in [4.78, 5) is 26.5. The number of amides is 2. The highest BCUT2D eigenvalue weighted by Gasteiger charge is 2.23. The van der Waals surface area contributed by atoms with Crippen LogP contribution in [0.1, 0.15) is 56.3 Å². The lowest BCUT2D eigenvalue weighted by molar-refractivity contribution is -0.119. The van der Waals surface area contributed by atoms with E-state index in [9.17, 15) is 14.7 Å². The van der Waals surface area contributed by atoms with Crippen molar-refractivity contribution in [1.82, 2.24) is 4.90 Å². The van der Waals surface area contributed by atoms with Gasteiger partial charge < -0.3 is 15.3 Å². The lowest BCUT2D eigenvalue weighted by Crippen LogP contribution is -2.30. The number of carbonyl (C=O) groups excluding carboxylic acids is 2. The zero-order valence-corrected chi connectivity index (χ0v) is 14.8. The first-order chi connectivity index (χ1) is 11.3. The topological polar surface area (TPSA) is 69.6 Å². The average molecular weight is 332 g/mol. The number of rotatable bonds is 0. The van der Waals surface area contributed by atoms with E-state index in [4.69, 9.17) is 0 Å². The van der Waals surface area contributed by atoms with Crippen LogP contribution < -0.4 is 5.32 Å². The number of carbonyl (C=O) groups is 2. The van der Waals surface area contributed by atoms with Gasteiger partial charge in [0.2, 0.25) is 5.91 Å². The van der Waals surface area contributed by atoms with Gasteiger partial charge in [-0.2, -0.15) is 0 Å². The predicted molar refractivity (Wildman–Crippen MR) is 94.9 cm³/mol. The van der Waals surface area contributed by atoms with Gasteiger partial charge in [0.15, 0.2) is 0 Å². The van der Waals surface area contributed by atoms with E-state index in [2.05, 4.69) is 5.32 Å². The molecular weight excluding hydrogens is 304 g/mol. The maximum Gasteiger partial charge on any atom is 0.253 e. The van der Waals surface area contributed by atoms with Crippen molar-refractivity contribution >= 4 is 17.5 Å². The Labute approximate surface area is 144 Å². The van der Waals surface area contributed by atoms with Crippen LogP contribution in [0.2, 0.25) is 0 Å². The molecule has 2 atom stereocenters. The van der Waals surface area contributed by atoms with Crippen molar-refractivity contribution in [2.24, 2.45) is 5.92 Å². The minimum Gasteiger partial charge on any atom is -0.390 e. The second-order valence-electron chi connectivity index (χ2n) is 7.19. The van der Waals surface area contributed by atoms with Gasteiger partial charge in [0, 0.05) is 30.8 Å². The normalized spacial score (nSPS) is 27.2. The van der Waals surface area contributed by atoms with E-state index in [0.29, 0.717) is 30.6 Å². The molecule has 0 radical (unpaired) electrons. The largest absolute Gasteiger partial charge is 0.390 e. The van der Waals surface area contributed by atoms with E-state index in [0.717, 1.165) is 19.3 Å². The van der Waals surface area contributed by atoms with Gasteiger partial charge in [-0.15, -0.1) is 0 Å². The van der Waals surface area contributed by atoms with Crippen molar-refractivity contribution in [1.29, 1.82) is 0 Å². The summed E-state index contributed by atoms with van der Waals surface area (Å²) in [5.41, 5.74) is 0.454. The molecule has 0 saturated heterocycles.